The number of pyridine rings is 1. The fraction of sp³-hybridized carbons (Fsp3) is 0.200. The molecule has 0 aliphatic heterocycles. The lowest BCUT2D eigenvalue weighted by Crippen LogP contribution is -2.19. The summed E-state index contributed by atoms with van der Waals surface area (Å²) < 4.78 is 0. The molecule has 1 rings (SSSR count). The van der Waals surface area contributed by atoms with Crippen LogP contribution in [0.15, 0.2) is 24.4 Å². The Bertz CT molecular complexity index is 332. The molecule has 0 saturated carbocycles. The summed E-state index contributed by atoms with van der Waals surface area (Å²) in [5.41, 5.74) is 0.848. The number of halogens is 1. The first-order valence-corrected chi connectivity index (χ1v) is 4.67. The van der Waals surface area contributed by atoms with E-state index in [-0.39, 0.29) is 5.91 Å². The zero-order chi connectivity index (χ0) is 10.4. The number of nitrogens with one attached hydrogen (secondary N) is 1. The number of aromatic nitrogens is 1. The lowest BCUT2D eigenvalue weighted by molar-refractivity contribution is -0.116. The van der Waals surface area contributed by atoms with Crippen molar-refractivity contribution in [3.8, 4) is 0 Å². The lowest BCUT2D eigenvalue weighted by Gasteiger charge is -1.95. The molecule has 0 aliphatic carbocycles. The van der Waals surface area contributed by atoms with E-state index in [9.17, 15) is 4.79 Å². The van der Waals surface area contributed by atoms with Gasteiger partial charge in [0.15, 0.2) is 0 Å². The first kappa shape index (κ1) is 10.7. The predicted molar refractivity (Wildman–Crippen MR) is 57.0 cm³/mol. The molecule has 1 aromatic heterocycles. The first-order valence-electron chi connectivity index (χ1n) is 4.30. The molecule has 0 saturated heterocycles. The van der Waals surface area contributed by atoms with E-state index in [0.717, 1.165) is 5.56 Å². The summed E-state index contributed by atoms with van der Waals surface area (Å²) >= 11 is 5.61. The summed E-state index contributed by atoms with van der Waals surface area (Å²) in [5, 5.41) is 3.10. The molecule has 1 aromatic rings. The van der Waals surface area contributed by atoms with Crippen molar-refractivity contribution in [1.29, 1.82) is 0 Å². The maximum absolute atomic E-state index is 11.0. The van der Waals surface area contributed by atoms with Gasteiger partial charge in [0, 0.05) is 18.8 Å². The van der Waals surface area contributed by atoms with Crippen molar-refractivity contribution < 1.29 is 4.79 Å². The molecule has 1 N–H and O–H groups in total. The Balaban J connectivity index is 2.60. The Labute approximate surface area is 87.8 Å². The zero-order valence-corrected chi connectivity index (χ0v) is 8.58. The van der Waals surface area contributed by atoms with Gasteiger partial charge in [0.2, 0.25) is 5.91 Å². The molecule has 4 heteroatoms. The van der Waals surface area contributed by atoms with E-state index in [1.807, 2.05) is 6.92 Å². The van der Waals surface area contributed by atoms with E-state index < -0.39 is 0 Å². The number of hydrogen-bond donors (Lipinski definition) is 1. The number of likely N-dealkylation sites (N-methyl/N-ethyl adjacent to an activating group) is 1. The molecule has 0 unspecified atom stereocenters. The van der Waals surface area contributed by atoms with Crippen molar-refractivity contribution in [2.45, 2.75) is 6.92 Å². The highest BCUT2D eigenvalue weighted by atomic mass is 35.5. The van der Waals surface area contributed by atoms with Gasteiger partial charge in [-0.25, -0.2) is 4.98 Å². The minimum atomic E-state index is -0.109. The lowest BCUT2D eigenvalue weighted by atomic mass is 10.2. The van der Waals surface area contributed by atoms with Crippen LogP contribution in [0.4, 0.5) is 0 Å². The Morgan fingerprint density at radius 3 is 3.00 bits per heavy atom. The van der Waals surface area contributed by atoms with Crippen LogP contribution in [0.2, 0.25) is 5.15 Å². The molecular formula is C10H11ClN2O. The van der Waals surface area contributed by atoms with E-state index in [1.54, 1.807) is 24.4 Å². The Morgan fingerprint density at radius 1 is 1.64 bits per heavy atom. The fourth-order valence-corrected chi connectivity index (χ4v) is 1.00. The molecule has 0 fully saturated rings. The maximum atomic E-state index is 11.0. The number of carbonyl (C=O) groups is 1. The second-order valence-corrected chi connectivity index (χ2v) is 3.03. The van der Waals surface area contributed by atoms with Crippen LogP contribution in [0.25, 0.3) is 6.08 Å². The number of hydrogen-bond acceptors (Lipinski definition) is 2. The highest BCUT2D eigenvalue weighted by molar-refractivity contribution is 6.29. The molecule has 0 bridgehead atoms. The van der Waals surface area contributed by atoms with E-state index in [1.165, 1.54) is 6.08 Å². The van der Waals surface area contributed by atoms with Gasteiger partial charge in [0.1, 0.15) is 5.15 Å². The summed E-state index contributed by atoms with van der Waals surface area (Å²) in [5.74, 6) is -0.109. The average Bonchev–Trinajstić information content (AvgIpc) is 2.17. The molecule has 0 spiro atoms. The minimum Gasteiger partial charge on any atom is -0.353 e. The van der Waals surface area contributed by atoms with Crippen molar-refractivity contribution in [2.24, 2.45) is 0 Å². The van der Waals surface area contributed by atoms with Crippen LogP contribution < -0.4 is 5.32 Å². The molecule has 0 atom stereocenters. The van der Waals surface area contributed by atoms with E-state index >= 15 is 0 Å². The molecule has 14 heavy (non-hydrogen) atoms. The number of amides is 1. The van der Waals surface area contributed by atoms with E-state index in [4.69, 9.17) is 11.6 Å². The Morgan fingerprint density at radius 2 is 2.43 bits per heavy atom. The van der Waals surface area contributed by atoms with Crippen molar-refractivity contribution in [3.05, 3.63) is 35.1 Å². The zero-order valence-electron chi connectivity index (χ0n) is 7.83. The number of rotatable bonds is 3. The second-order valence-electron chi connectivity index (χ2n) is 2.64. The van der Waals surface area contributed by atoms with Crippen molar-refractivity contribution in [1.82, 2.24) is 10.3 Å². The summed E-state index contributed by atoms with van der Waals surface area (Å²) in [6.45, 7) is 2.50. The Kier molecular flexibility index (Phi) is 4.13. The summed E-state index contributed by atoms with van der Waals surface area (Å²) in [7, 11) is 0. The molecule has 0 radical (unpaired) electrons. The monoisotopic (exact) mass is 210 g/mol. The fourth-order valence-electron chi connectivity index (χ4n) is 0.891. The minimum absolute atomic E-state index is 0.109. The summed E-state index contributed by atoms with van der Waals surface area (Å²) in [6.07, 6.45) is 4.76. The third kappa shape index (κ3) is 3.58. The van der Waals surface area contributed by atoms with Gasteiger partial charge in [-0.15, -0.1) is 0 Å². The first-order chi connectivity index (χ1) is 6.72. The SMILES string of the molecule is CCNC(=O)/C=C/c1ccc(Cl)nc1. The number of nitrogens with zero attached hydrogens (tertiary/aromatic N) is 1. The predicted octanol–water partition coefficient (Wildman–Crippen LogP) is 1.88. The van der Waals surface area contributed by atoms with Crippen LogP contribution >= 0.6 is 11.6 Å². The van der Waals surface area contributed by atoms with Crippen molar-refractivity contribution in [2.75, 3.05) is 6.54 Å². The van der Waals surface area contributed by atoms with Gasteiger partial charge in [-0.2, -0.15) is 0 Å². The molecular weight excluding hydrogens is 200 g/mol. The van der Waals surface area contributed by atoms with Gasteiger partial charge < -0.3 is 5.32 Å². The molecule has 1 amide bonds. The van der Waals surface area contributed by atoms with Crippen LogP contribution in [0.3, 0.4) is 0 Å². The van der Waals surface area contributed by atoms with Crippen LogP contribution in [0, 0.1) is 0 Å². The van der Waals surface area contributed by atoms with Crippen LogP contribution in [0.5, 0.6) is 0 Å². The maximum Gasteiger partial charge on any atom is 0.243 e. The highest BCUT2D eigenvalue weighted by Crippen LogP contribution is 2.06. The number of carbonyl (C=O) groups excluding carboxylic acids is 1. The van der Waals surface area contributed by atoms with Crippen molar-refractivity contribution >= 4 is 23.6 Å². The van der Waals surface area contributed by atoms with Gasteiger partial charge in [0.25, 0.3) is 0 Å². The van der Waals surface area contributed by atoms with E-state index in [2.05, 4.69) is 10.3 Å². The topological polar surface area (TPSA) is 42.0 Å². The quantitative estimate of drug-likeness (QED) is 0.612. The van der Waals surface area contributed by atoms with Gasteiger partial charge in [-0.3, -0.25) is 4.79 Å². The Hall–Kier alpha value is -1.35. The second kappa shape index (κ2) is 5.40. The largest absolute Gasteiger partial charge is 0.353 e. The molecule has 1 heterocycles. The van der Waals surface area contributed by atoms with Gasteiger partial charge in [-0.1, -0.05) is 17.7 Å². The molecule has 3 nitrogen and oxygen atoms in total. The van der Waals surface area contributed by atoms with Crippen molar-refractivity contribution in [3.63, 3.8) is 0 Å². The van der Waals surface area contributed by atoms with E-state index in [0.29, 0.717) is 11.7 Å². The standard InChI is InChI=1S/C10H11ClN2O/c1-2-12-10(14)6-4-8-3-5-9(11)13-7-8/h3-7H,2H2,1H3,(H,12,14)/b6-4+. The third-order valence-electron chi connectivity index (χ3n) is 1.53. The van der Waals surface area contributed by atoms with Crippen LogP contribution in [0.1, 0.15) is 12.5 Å². The molecule has 0 aliphatic rings. The molecule has 74 valence electrons. The smallest absolute Gasteiger partial charge is 0.243 e. The summed E-state index contributed by atoms with van der Waals surface area (Å²) in [6, 6.07) is 3.48. The third-order valence-corrected chi connectivity index (χ3v) is 1.75. The van der Waals surface area contributed by atoms with Gasteiger partial charge in [0.05, 0.1) is 0 Å². The van der Waals surface area contributed by atoms with Crippen LogP contribution in [-0.4, -0.2) is 17.4 Å². The van der Waals surface area contributed by atoms with Gasteiger partial charge >= 0.3 is 0 Å². The molecule has 0 aromatic carbocycles. The van der Waals surface area contributed by atoms with Gasteiger partial charge in [-0.05, 0) is 24.6 Å². The summed E-state index contributed by atoms with van der Waals surface area (Å²) in [4.78, 5) is 14.9. The van der Waals surface area contributed by atoms with Crippen LogP contribution in [-0.2, 0) is 4.79 Å². The average molecular weight is 211 g/mol. The highest BCUT2D eigenvalue weighted by Gasteiger charge is 1.92. The normalized spacial score (nSPS) is 10.4.